The molecule has 88 valence electrons. The van der Waals surface area contributed by atoms with E-state index in [4.69, 9.17) is 23.2 Å². The van der Waals surface area contributed by atoms with Crippen LogP contribution < -0.4 is 0 Å². The maximum atomic E-state index is 13.2. The number of hydrogen-bond acceptors (Lipinski definition) is 1. The smallest absolute Gasteiger partial charge is 0.160 e. The van der Waals surface area contributed by atoms with Crippen LogP contribution in [0.3, 0.4) is 0 Å². The molecule has 0 nitrogen and oxygen atoms in total. The van der Waals surface area contributed by atoms with E-state index in [-0.39, 0.29) is 10.0 Å². The zero-order valence-electron chi connectivity index (χ0n) is 8.79. The molecule has 2 aromatic carbocycles. The second-order valence-electron chi connectivity index (χ2n) is 3.48. The van der Waals surface area contributed by atoms with Gasteiger partial charge in [0.05, 0.1) is 10.0 Å². The summed E-state index contributed by atoms with van der Waals surface area (Å²) >= 11 is 13.0. The highest BCUT2D eigenvalue weighted by molar-refractivity contribution is 7.98. The largest absolute Gasteiger partial charge is 0.204 e. The minimum Gasteiger partial charge on any atom is -0.204 e. The molecular formula is C13H9Cl2FS. The highest BCUT2D eigenvalue weighted by Gasteiger charge is 2.07. The molecule has 0 unspecified atom stereocenters. The molecule has 0 saturated carbocycles. The number of hydrogen-bond donors (Lipinski definition) is 0. The zero-order chi connectivity index (χ0) is 12.3. The van der Waals surface area contributed by atoms with E-state index in [1.54, 1.807) is 23.9 Å². The van der Waals surface area contributed by atoms with Gasteiger partial charge >= 0.3 is 0 Å². The summed E-state index contributed by atoms with van der Waals surface area (Å²) in [5.74, 6) is 0.247. The van der Waals surface area contributed by atoms with Crippen molar-refractivity contribution in [1.82, 2.24) is 0 Å². The summed E-state index contributed by atoms with van der Waals surface area (Å²) in [6, 6.07) is 13.2. The molecule has 0 heterocycles. The van der Waals surface area contributed by atoms with Crippen LogP contribution in [0.5, 0.6) is 0 Å². The Morgan fingerprint density at radius 2 is 1.59 bits per heavy atom. The van der Waals surface area contributed by atoms with E-state index in [1.165, 1.54) is 5.56 Å². The summed E-state index contributed by atoms with van der Waals surface area (Å²) in [4.78, 5) is 0.866. The predicted octanol–water partition coefficient (Wildman–Crippen LogP) is 5.42. The highest BCUT2D eigenvalue weighted by atomic mass is 35.5. The lowest BCUT2D eigenvalue weighted by molar-refractivity contribution is 0.627. The molecule has 17 heavy (non-hydrogen) atoms. The van der Waals surface area contributed by atoms with Crippen LogP contribution in [0.15, 0.2) is 47.4 Å². The average Bonchev–Trinajstić information content (AvgIpc) is 2.34. The molecule has 0 fully saturated rings. The normalized spacial score (nSPS) is 10.5. The monoisotopic (exact) mass is 286 g/mol. The van der Waals surface area contributed by atoms with Crippen LogP contribution in [0.2, 0.25) is 10.0 Å². The molecule has 0 aliphatic rings. The summed E-state index contributed by atoms with van der Waals surface area (Å²) in [6.07, 6.45) is 0. The van der Waals surface area contributed by atoms with Crippen molar-refractivity contribution in [2.75, 3.05) is 0 Å². The molecule has 0 saturated heterocycles. The van der Waals surface area contributed by atoms with E-state index in [9.17, 15) is 4.39 Å². The van der Waals surface area contributed by atoms with Crippen LogP contribution in [-0.4, -0.2) is 0 Å². The SMILES string of the molecule is Fc1c(Cl)cc(SCc2ccccc2)cc1Cl. The third kappa shape index (κ3) is 3.38. The van der Waals surface area contributed by atoms with Crippen molar-refractivity contribution < 1.29 is 4.39 Å². The molecule has 0 atom stereocenters. The molecule has 0 amide bonds. The fraction of sp³-hybridized carbons (Fsp3) is 0.0769. The van der Waals surface area contributed by atoms with Crippen LogP contribution in [0.4, 0.5) is 4.39 Å². The topological polar surface area (TPSA) is 0 Å². The first-order valence-corrected chi connectivity index (χ1v) is 6.72. The van der Waals surface area contributed by atoms with Gasteiger partial charge in [0, 0.05) is 10.6 Å². The van der Waals surface area contributed by atoms with Crippen molar-refractivity contribution >= 4 is 35.0 Å². The Morgan fingerprint density at radius 1 is 1.00 bits per heavy atom. The first-order valence-electron chi connectivity index (χ1n) is 4.98. The van der Waals surface area contributed by atoms with E-state index in [0.29, 0.717) is 0 Å². The minimum absolute atomic E-state index is 0.0630. The maximum Gasteiger partial charge on any atom is 0.160 e. The average molecular weight is 287 g/mol. The molecule has 2 aromatic rings. The zero-order valence-corrected chi connectivity index (χ0v) is 11.1. The van der Waals surface area contributed by atoms with Gasteiger partial charge in [0.15, 0.2) is 5.82 Å². The van der Waals surface area contributed by atoms with Crippen molar-refractivity contribution in [1.29, 1.82) is 0 Å². The molecular weight excluding hydrogens is 278 g/mol. The number of halogens is 3. The number of benzene rings is 2. The van der Waals surface area contributed by atoms with Crippen molar-refractivity contribution in [2.24, 2.45) is 0 Å². The first-order chi connectivity index (χ1) is 8.16. The molecule has 0 radical (unpaired) electrons. The molecule has 2 rings (SSSR count). The van der Waals surface area contributed by atoms with Gasteiger partial charge in [0.1, 0.15) is 0 Å². The molecule has 0 aromatic heterocycles. The Labute approximate surface area is 114 Å². The van der Waals surface area contributed by atoms with Gasteiger partial charge in [-0.05, 0) is 17.7 Å². The van der Waals surface area contributed by atoms with Gasteiger partial charge in [-0.3, -0.25) is 0 Å². The molecule has 0 aliphatic heterocycles. The van der Waals surface area contributed by atoms with Gasteiger partial charge in [0.25, 0.3) is 0 Å². The second kappa shape index (κ2) is 5.76. The summed E-state index contributed by atoms with van der Waals surface area (Å²) in [7, 11) is 0. The number of rotatable bonds is 3. The van der Waals surface area contributed by atoms with Gasteiger partial charge in [-0.25, -0.2) is 4.39 Å². The quantitative estimate of drug-likeness (QED) is 0.536. The Hall–Kier alpha value is -0.700. The third-order valence-electron chi connectivity index (χ3n) is 2.21. The van der Waals surface area contributed by atoms with E-state index < -0.39 is 5.82 Å². The lowest BCUT2D eigenvalue weighted by atomic mass is 10.2. The summed E-state index contributed by atoms with van der Waals surface area (Å²) in [5, 5.41) is 0.126. The fourth-order valence-electron chi connectivity index (χ4n) is 1.36. The van der Waals surface area contributed by atoms with E-state index >= 15 is 0 Å². The fourth-order valence-corrected chi connectivity index (χ4v) is 2.90. The Bertz CT molecular complexity index is 491. The maximum absolute atomic E-state index is 13.2. The Morgan fingerprint density at radius 3 is 2.18 bits per heavy atom. The van der Waals surface area contributed by atoms with Crippen LogP contribution in [0.1, 0.15) is 5.56 Å². The third-order valence-corrected chi connectivity index (χ3v) is 3.80. The van der Waals surface area contributed by atoms with E-state index in [0.717, 1.165) is 10.6 Å². The lowest BCUT2D eigenvalue weighted by Crippen LogP contribution is -1.83. The van der Waals surface area contributed by atoms with Gasteiger partial charge in [-0.2, -0.15) is 0 Å². The molecule has 0 N–H and O–H groups in total. The predicted molar refractivity (Wildman–Crippen MR) is 72.4 cm³/mol. The highest BCUT2D eigenvalue weighted by Crippen LogP contribution is 2.31. The van der Waals surface area contributed by atoms with Crippen molar-refractivity contribution in [2.45, 2.75) is 10.6 Å². The van der Waals surface area contributed by atoms with Crippen LogP contribution >= 0.6 is 35.0 Å². The molecule has 0 bridgehead atoms. The molecule has 0 aliphatic carbocycles. The molecule has 0 spiro atoms. The van der Waals surface area contributed by atoms with Gasteiger partial charge in [-0.15, -0.1) is 11.8 Å². The first kappa shape index (κ1) is 12.7. The van der Waals surface area contributed by atoms with Crippen LogP contribution in [0, 0.1) is 5.82 Å². The van der Waals surface area contributed by atoms with E-state index in [2.05, 4.69) is 0 Å². The van der Waals surface area contributed by atoms with Crippen LogP contribution in [0.25, 0.3) is 0 Å². The second-order valence-corrected chi connectivity index (χ2v) is 5.34. The van der Waals surface area contributed by atoms with Crippen molar-refractivity contribution in [3.05, 3.63) is 63.9 Å². The Balaban J connectivity index is 2.10. The number of thioether (sulfide) groups is 1. The van der Waals surface area contributed by atoms with Gasteiger partial charge < -0.3 is 0 Å². The van der Waals surface area contributed by atoms with Gasteiger partial charge in [0.2, 0.25) is 0 Å². The minimum atomic E-state index is -0.558. The summed E-state index contributed by atoms with van der Waals surface area (Å²) in [6.45, 7) is 0. The van der Waals surface area contributed by atoms with Crippen molar-refractivity contribution in [3.8, 4) is 0 Å². The standard InChI is InChI=1S/C13H9Cl2FS/c14-11-6-10(7-12(15)13(11)16)17-8-9-4-2-1-3-5-9/h1-7H,8H2. The Kier molecular flexibility index (Phi) is 4.32. The van der Waals surface area contributed by atoms with Crippen LogP contribution in [-0.2, 0) is 5.75 Å². The summed E-state index contributed by atoms with van der Waals surface area (Å²) in [5.41, 5.74) is 1.20. The van der Waals surface area contributed by atoms with Gasteiger partial charge in [-0.1, -0.05) is 53.5 Å². The molecule has 4 heteroatoms. The lowest BCUT2D eigenvalue weighted by Gasteiger charge is -2.04. The van der Waals surface area contributed by atoms with Crippen molar-refractivity contribution in [3.63, 3.8) is 0 Å². The van der Waals surface area contributed by atoms with E-state index in [1.807, 2.05) is 30.3 Å². The summed E-state index contributed by atoms with van der Waals surface area (Å²) < 4.78 is 13.2.